The van der Waals surface area contributed by atoms with Gasteiger partial charge in [0.1, 0.15) is 17.2 Å². The molecule has 1 saturated heterocycles. The molecule has 2 aromatic carbocycles. The van der Waals surface area contributed by atoms with Crippen LogP contribution in [0.1, 0.15) is 29.7 Å². The van der Waals surface area contributed by atoms with E-state index in [0.29, 0.717) is 12.6 Å². The third-order valence-electron chi connectivity index (χ3n) is 6.40. The Bertz CT molecular complexity index is 1030. The van der Waals surface area contributed by atoms with Gasteiger partial charge in [-0.05, 0) is 54.7 Å². The van der Waals surface area contributed by atoms with Gasteiger partial charge in [0.15, 0.2) is 0 Å². The number of furan rings is 1. The molecule has 182 valence electrons. The highest BCUT2D eigenvalue weighted by Crippen LogP contribution is 2.22. The lowest BCUT2D eigenvalue weighted by atomic mass is 10.1. The molecule has 6 nitrogen and oxygen atoms in total. The summed E-state index contributed by atoms with van der Waals surface area (Å²) in [5.74, 6) is 0.739. The van der Waals surface area contributed by atoms with E-state index in [9.17, 15) is 9.18 Å². The molecular weight excluding hydrogens is 433 g/mol. The van der Waals surface area contributed by atoms with Crippen LogP contribution in [0.25, 0.3) is 11.0 Å². The number of rotatable bonds is 13. The van der Waals surface area contributed by atoms with Crippen LogP contribution in [0.4, 0.5) is 4.39 Å². The zero-order chi connectivity index (χ0) is 23.6. The van der Waals surface area contributed by atoms with Gasteiger partial charge in [0.2, 0.25) is 6.41 Å². The summed E-state index contributed by atoms with van der Waals surface area (Å²) in [7, 11) is 0. The summed E-state index contributed by atoms with van der Waals surface area (Å²) in [6, 6.07) is 15.4. The van der Waals surface area contributed by atoms with Gasteiger partial charge >= 0.3 is 0 Å². The number of benzene rings is 2. The summed E-state index contributed by atoms with van der Waals surface area (Å²) >= 11 is 0. The number of carbonyl (C=O) groups excluding carboxylic acids is 1. The van der Waals surface area contributed by atoms with Gasteiger partial charge in [-0.2, -0.15) is 0 Å². The van der Waals surface area contributed by atoms with Crippen molar-refractivity contribution >= 4 is 17.4 Å². The minimum Gasteiger partial charge on any atom is -0.461 e. The molecule has 0 saturated carbocycles. The molecule has 4 rings (SSSR count). The quantitative estimate of drug-likeness (QED) is 0.297. The predicted octanol–water partition coefficient (Wildman–Crippen LogP) is 3.67. The Balaban J connectivity index is 1.11. The van der Waals surface area contributed by atoms with Crippen LogP contribution >= 0.6 is 0 Å². The number of likely N-dealkylation sites (tertiary alicyclic amines) is 1. The van der Waals surface area contributed by atoms with Gasteiger partial charge in [-0.1, -0.05) is 24.3 Å². The van der Waals surface area contributed by atoms with Crippen molar-refractivity contribution in [2.45, 2.75) is 38.3 Å². The van der Waals surface area contributed by atoms with Crippen molar-refractivity contribution in [1.82, 2.24) is 15.5 Å². The number of nitrogens with zero attached hydrogens (tertiary/aromatic N) is 1. The van der Waals surface area contributed by atoms with Crippen molar-refractivity contribution in [3.63, 3.8) is 0 Å². The van der Waals surface area contributed by atoms with Gasteiger partial charge in [-0.3, -0.25) is 4.79 Å². The second kappa shape index (κ2) is 12.6. The number of carbonyl (C=O) groups is 1. The number of ether oxygens (including phenoxy) is 1. The summed E-state index contributed by atoms with van der Waals surface area (Å²) < 4.78 is 24.9. The van der Waals surface area contributed by atoms with Crippen molar-refractivity contribution in [3.8, 4) is 0 Å². The molecule has 1 aromatic heterocycles. The van der Waals surface area contributed by atoms with E-state index in [1.165, 1.54) is 17.7 Å². The first-order valence-electron chi connectivity index (χ1n) is 12.2. The topological polar surface area (TPSA) is 66.7 Å². The first-order valence-corrected chi connectivity index (χ1v) is 12.2. The summed E-state index contributed by atoms with van der Waals surface area (Å²) in [5.41, 5.74) is 3.18. The normalized spacial score (nSPS) is 15.1. The second-order valence-corrected chi connectivity index (χ2v) is 8.90. The molecule has 0 atom stereocenters. The molecule has 0 unspecified atom stereocenters. The van der Waals surface area contributed by atoms with Crippen LogP contribution in [-0.2, 0) is 28.9 Å². The lowest BCUT2D eigenvalue weighted by Gasteiger charge is -2.31. The molecule has 0 radical (unpaired) electrons. The van der Waals surface area contributed by atoms with Gasteiger partial charge in [-0.25, -0.2) is 4.39 Å². The van der Waals surface area contributed by atoms with Crippen molar-refractivity contribution in [2.24, 2.45) is 0 Å². The zero-order valence-electron chi connectivity index (χ0n) is 19.6. The molecule has 2 heterocycles. The van der Waals surface area contributed by atoms with E-state index >= 15 is 0 Å². The number of nitrogens with one attached hydrogen (secondary N) is 2. The number of halogens is 1. The Hall–Kier alpha value is -2.74. The highest BCUT2D eigenvalue weighted by Gasteiger charge is 2.17. The maximum absolute atomic E-state index is 13.1. The van der Waals surface area contributed by atoms with E-state index in [-0.39, 0.29) is 5.82 Å². The minimum atomic E-state index is -0.207. The smallest absolute Gasteiger partial charge is 0.207 e. The fourth-order valence-electron chi connectivity index (χ4n) is 4.37. The Morgan fingerprint density at radius 1 is 1.03 bits per heavy atom. The molecule has 1 fully saturated rings. The van der Waals surface area contributed by atoms with E-state index in [4.69, 9.17) is 9.15 Å². The number of aryl methyl sites for hydroxylation is 2. The van der Waals surface area contributed by atoms with Gasteiger partial charge < -0.3 is 24.7 Å². The number of amides is 1. The number of fused-ring (bicyclic) bond motifs is 1. The van der Waals surface area contributed by atoms with Crippen molar-refractivity contribution in [2.75, 3.05) is 39.4 Å². The third kappa shape index (κ3) is 7.38. The SMILES string of the molecule is O=CNC1CCN(CCOCCNCc2ccc3cc(CCc4ccc(F)cc4)oc3c2)CC1. The fraction of sp³-hybridized carbons (Fsp3) is 0.444. The molecule has 0 spiro atoms. The maximum atomic E-state index is 13.1. The van der Waals surface area contributed by atoms with Gasteiger partial charge in [0.05, 0.1) is 13.2 Å². The van der Waals surface area contributed by atoms with Crippen LogP contribution in [0.3, 0.4) is 0 Å². The molecule has 1 amide bonds. The number of hydrogen-bond acceptors (Lipinski definition) is 5. The van der Waals surface area contributed by atoms with Crippen LogP contribution in [-0.4, -0.2) is 56.7 Å². The first kappa shape index (κ1) is 24.4. The third-order valence-corrected chi connectivity index (χ3v) is 6.40. The molecule has 0 aliphatic carbocycles. The molecule has 1 aliphatic rings. The van der Waals surface area contributed by atoms with Gasteiger partial charge in [0.25, 0.3) is 0 Å². The molecular formula is C27H34FN3O3. The van der Waals surface area contributed by atoms with Crippen LogP contribution in [0.5, 0.6) is 0 Å². The largest absolute Gasteiger partial charge is 0.461 e. The Morgan fingerprint density at radius 2 is 1.82 bits per heavy atom. The highest BCUT2D eigenvalue weighted by atomic mass is 19.1. The van der Waals surface area contributed by atoms with Crippen LogP contribution in [0.15, 0.2) is 52.9 Å². The molecule has 3 aromatic rings. The summed E-state index contributed by atoms with van der Waals surface area (Å²) in [4.78, 5) is 12.9. The van der Waals surface area contributed by atoms with Crippen LogP contribution < -0.4 is 10.6 Å². The second-order valence-electron chi connectivity index (χ2n) is 8.90. The lowest BCUT2D eigenvalue weighted by Crippen LogP contribution is -2.43. The van der Waals surface area contributed by atoms with Gasteiger partial charge in [-0.15, -0.1) is 0 Å². The summed E-state index contributed by atoms with van der Waals surface area (Å²) in [6.07, 6.45) is 4.44. The Labute approximate surface area is 200 Å². The van der Waals surface area contributed by atoms with E-state index in [0.717, 1.165) is 93.7 Å². The van der Waals surface area contributed by atoms with Crippen LogP contribution in [0, 0.1) is 5.82 Å². The van der Waals surface area contributed by atoms with E-state index in [1.54, 1.807) is 0 Å². The zero-order valence-corrected chi connectivity index (χ0v) is 19.6. The summed E-state index contributed by atoms with van der Waals surface area (Å²) in [6.45, 7) is 5.93. The van der Waals surface area contributed by atoms with Gasteiger partial charge in [0, 0.05) is 50.6 Å². The van der Waals surface area contributed by atoms with Crippen molar-refractivity contribution < 1.29 is 18.3 Å². The van der Waals surface area contributed by atoms with Crippen molar-refractivity contribution in [1.29, 1.82) is 0 Å². The highest BCUT2D eigenvalue weighted by molar-refractivity contribution is 5.78. The Kier molecular flexibility index (Phi) is 9.07. The maximum Gasteiger partial charge on any atom is 0.207 e. The van der Waals surface area contributed by atoms with E-state index < -0.39 is 0 Å². The average molecular weight is 468 g/mol. The number of hydrogen-bond donors (Lipinski definition) is 2. The summed E-state index contributed by atoms with van der Waals surface area (Å²) in [5, 5.41) is 7.40. The molecule has 34 heavy (non-hydrogen) atoms. The van der Waals surface area contributed by atoms with E-state index in [2.05, 4.69) is 39.8 Å². The molecule has 1 aliphatic heterocycles. The predicted molar refractivity (Wildman–Crippen MR) is 131 cm³/mol. The van der Waals surface area contributed by atoms with E-state index in [1.807, 2.05) is 12.1 Å². The molecule has 0 bridgehead atoms. The fourth-order valence-corrected chi connectivity index (χ4v) is 4.37. The molecule has 7 heteroatoms. The minimum absolute atomic E-state index is 0.207. The average Bonchev–Trinajstić information content (AvgIpc) is 3.26. The standard InChI is InChI=1S/C27H34FN3O3/c28-24-6-2-21(3-7-24)4-8-26-18-23-5-1-22(17-27(23)34-26)19-29-11-15-33-16-14-31-12-9-25(10-13-31)30-20-32/h1-3,5-7,17-18,20,25,29H,4,8-16,19H2,(H,30,32). The number of piperidine rings is 1. The van der Waals surface area contributed by atoms with Crippen molar-refractivity contribution in [3.05, 3.63) is 71.2 Å². The lowest BCUT2D eigenvalue weighted by molar-refractivity contribution is -0.110. The molecule has 2 N–H and O–H groups in total. The monoisotopic (exact) mass is 467 g/mol. The van der Waals surface area contributed by atoms with Crippen LogP contribution in [0.2, 0.25) is 0 Å². The Morgan fingerprint density at radius 3 is 2.62 bits per heavy atom. The first-order chi connectivity index (χ1) is 16.7.